The number of amides is 2. The van der Waals surface area contributed by atoms with E-state index >= 15 is 0 Å². The molecule has 5 heteroatoms. The number of hydrogen-bond acceptors (Lipinski definition) is 3. The van der Waals surface area contributed by atoms with Gasteiger partial charge in [0.25, 0.3) is 0 Å². The maximum Gasteiger partial charge on any atom is 0.411 e. The molecule has 0 spiro atoms. The zero-order valence-corrected chi connectivity index (χ0v) is 16.1. The third-order valence-electron chi connectivity index (χ3n) is 4.49. The first-order valence-corrected chi connectivity index (χ1v) is 9.21. The summed E-state index contributed by atoms with van der Waals surface area (Å²) in [4.78, 5) is 27.2. The second-order valence-electron chi connectivity index (χ2n) is 7.80. The molecule has 1 N–H and O–H groups in total. The highest BCUT2D eigenvalue weighted by molar-refractivity contribution is 5.86. The van der Waals surface area contributed by atoms with E-state index in [4.69, 9.17) is 4.74 Å². The Hall–Kier alpha value is -2.82. The van der Waals surface area contributed by atoms with Crippen LogP contribution in [0.3, 0.4) is 0 Å². The van der Waals surface area contributed by atoms with Crippen molar-refractivity contribution in [2.24, 2.45) is 0 Å². The molecule has 3 rings (SSSR count). The van der Waals surface area contributed by atoms with Crippen LogP contribution in [-0.4, -0.2) is 28.5 Å². The van der Waals surface area contributed by atoms with E-state index in [1.54, 1.807) is 0 Å². The summed E-state index contributed by atoms with van der Waals surface area (Å²) in [6, 6.07) is 17.1. The van der Waals surface area contributed by atoms with E-state index in [0.29, 0.717) is 19.5 Å². The van der Waals surface area contributed by atoms with Gasteiger partial charge in [0.2, 0.25) is 5.91 Å². The quantitative estimate of drug-likeness (QED) is 0.902. The van der Waals surface area contributed by atoms with Gasteiger partial charge in [0.05, 0.1) is 6.54 Å². The molecule has 1 unspecified atom stereocenters. The molecule has 2 amide bonds. The third kappa shape index (κ3) is 4.88. The van der Waals surface area contributed by atoms with Gasteiger partial charge in [-0.2, -0.15) is 0 Å². The Balaban J connectivity index is 1.78. The van der Waals surface area contributed by atoms with Gasteiger partial charge in [0.1, 0.15) is 11.6 Å². The van der Waals surface area contributed by atoms with Crippen molar-refractivity contribution < 1.29 is 14.3 Å². The predicted molar refractivity (Wildman–Crippen MR) is 104 cm³/mol. The van der Waals surface area contributed by atoms with Crippen LogP contribution < -0.4 is 5.32 Å². The number of carbonyl (C=O) groups excluding carboxylic acids is 2. The highest BCUT2D eigenvalue weighted by Gasteiger charge is 2.36. The summed E-state index contributed by atoms with van der Waals surface area (Å²) in [5.74, 6) is -0.167. The summed E-state index contributed by atoms with van der Waals surface area (Å²) < 4.78 is 5.54. The van der Waals surface area contributed by atoms with Crippen molar-refractivity contribution in [3.63, 3.8) is 0 Å². The van der Waals surface area contributed by atoms with Crippen molar-refractivity contribution in [2.45, 2.75) is 51.9 Å². The Morgan fingerprint density at radius 2 is 1.67 bits per heavy atom. The topological polar surface area (TPSA) is 58.6 Å². The van der Waals surface area contributed by atoms with E-state index in [2.05, 4.69) is 5.32 Å². The van der Waals surface area contributed by atoms with Crippen molar-refractivity contribution in [1.82, 2.24) is 10.2 Å². The van der Waals surface area contributed by atoms with Crippen molar-refractivity contribution in [3.05, 3.63) is 71.3 Å². The fraction of sp³-hybridized carbons (Fsp3) is 0.364. The number of hydrogen-bond donors (Lipinski definition) is 1. The maximum absolute atomic E-state index is 12.9. The van der Waals surface area contributed by atoms with Crippen LogP contribution in [0.15, 0.2) is 54.6 Å². The van der Waals surface area contributed by atoms with Gasteiger partial charge in [0, 0.05) is 13.0 Å². The van der Waals surface area contributed by atoms with Crippen molar-refractivity contribution in [2.75, 3.05) is 0 Å². The van der Waals surface area contributed by atoms with Crippen LogP contribution in [-0.2, 0) is 29.0 Å². The van der Waals surface area contributed by atoms with Gasteiger partial charge in [-0.15, -0.1) is 0 Å². The van der Waals surface area contributed by atoms with E-state index < -0.39 is 17.7 Å². The Bertz CT molecular complexity index is 812. The van der Waals surface area contributed by atoms with Gasteiger partial charge >= 0.3 is 6.09 Å². The van der Waals surface area contributed by atoms with Crippen molar-refractivity contribution in [1.29, 1.82) is 0 Å². The summed E-state index contributed by atoms with van der Waals surface area (Å²) in [6.45, 7) is 6.28. The number of ether oxygens (including phenoxy) is 1. The molecule has 1 aliphatic rings. The number of carbonyl (C=O) groups is 2. The second-order valence-corrected chi connectivity index (χ2v) is 7.80. The lowest BCUT2D eigenvalue weighted by atomic mass is 9.93. The first-order valence-electron chi connectivity index (χ1n) is 9.21. The third-order valence-corrected chi connectivity index (χ3v) is 4.49. The zero-order valence-electron chi connectivity index (χ0n) is 16.1. The van der Waals surface area contributed by atoms with Crippen LogP contribution in [0.4, 0.5) is 4.79 Å². The minimum absolute atomic E-state index is 0.167. The lowest BCUT2D eigenvalue weighted by Crippen LogP contribution is -2.53. The van der Waals surface area contributed by atoms with Crippen LogP contribution in [0.2, 0.25) is 0 Å². The number of benzene rings is 2. The molecule has 1 aliphatic heterocycles. The van der Waals surface area contributed by atoms with Gasteiger partial charge in [-0.3, -0.25) is 9.69 Å². The molecule has 1 atom stereocenters. The minimum Gasteiger partial charge on any atom is -0.444 e. The van der Waals surface area contributed by atoms with E-state index in [-0.39, 0.29) is 5.91 Å². The first-order chi connectivity index (χ1) is 12.8. The lowest BCUT2D eigenvalue weighted by molar-refractivity contribution is -0.127. The highest BCUT2D eigenvalue weighted by Crippen LogP contribution is 2.25. The van der Waals surface area contributed by atoms with Gasteiger partial charge in [-0.25, -0.2) is 4.79 Å². The number of fused-ring (bicyclic) bond motifs is 1. The molecule has 2 aromatic rings. The van der Waals surface area contributed by atoms with Crippen LogP contribution in [0.5, 0.6) is 0 Å². The van der Waals surface area contributed by atoms with Crippen LogP contribution in [0, 0.1) is 0 Å². The first kappa shape index (κ1) is 19.0. The van der Waals surface area contributed by atoms with Crippen molar-refractivity contribution in [3.8, 4) is 0 Å². The van der Waals surface area contributed by atoms with Gasteiger partial charge in [-0.05, 0) is 37.5 Å². The van der Waals surface area contributed by atoms with E-state index in [9.17, 15) is 9.59 Å². The highest BCUT2D eigenvalue weighted by atomic mass is 16.6. The number of nitrogens with one attached hydrogen (secondary N) is 1. The Morgan fingerprint density at radius 1 is 1.04 bits per heavy atom. The van der Waals surface area contributed by atoms with Gasteiger partial charge < -0.3 is 10.1 Å². The molecule has 0 aromatic heterocycles. The zero-order chi connectivity index (χ0) is 19.4. The Kier molecular flexibility index (Phi) is 5.49. The fourth-order valence-electron chi connectivity index (χ4n) is 3.17. The summed E-state index contributed by atoms with van der Waals surface area (Å²) >= 11 is 0. The molecule has 0 fully saturated rings. The lowest BCUT2D eigenvalue weighted by Gasteiger charge is -2.36. The minimum atomic E-state index is -0.612. The maximum atomic E-state index is 12.9. The monoisotopic (exact) mass is 366 g/mol. The molecular formula is C22H26N2O3. The smallest absolute Gasteiger partial charge is 0.411 e. The van der Waals surface area contributed by atoms with Crippen molar-refractivity contribution >= 4 is 12.0 Å². The molecule has 0 radical (unpaired) electrons. The molecule has 27 heavy (non-hydrogen) atoms. The summed E-state index contributed by atoms with van der Waals surface area (Å²) in [7, 11) is 0. The number of rotatable bonds is 3. The van der Waals surface area contributed by atoms with Gasteiger partial charge in [0.15, 0.2) is 0 Å². The Labute approximate surface area is 160 Å². The Morgan fingerprint density at radius 3 is 2.33 bits per heavy atom. The van der Waals surface area contributed by atoms with Crippen LogP contribution in [0.1, 0.15) is 37.5 Å². The summed E-state index contributed by atoms with van der Waals surface area (Å²) in [5, 5.41) is 2.96. The molecule has 1 heterocycles. The molecule has 0 aliphatic carbocycles. The SMILES string of the molecule is CC(C)(C)OC(=O)N1Cc2ccccc2CC1C(=O)NCc1ccccc1. The summed E-state index contributed by atoms with van der Waals surface area (Å²) in [6.07, 6.45) is 0.0209. The van der Waals surface area contributed by atoms with E-state index in [1.165, 1.54) is 4.90 Å². The molecular weight excluding hydrogens is 340 g/mol. The molecule has 142 valence electrons. The average molecular weight is 366 g/mol. The molecule has 0 saturated heterocycles. The second kappa shape index (κ2) is 7.82. The van der Waals surface area contributed by atoms with E-state index in [1.807, 2.05) is 75.4 Å². The molecule has 2 aromatic carbocycles. The van der Waals surface area contributed by atoms with Gasteiger partial charge in [-0.1, -0.05) is 54.6 Å². The molecule has 0 saturated carbocycles. The van der Waals surface area contributed by atoms with E-state index in [0.717, 1.165) is 16.7 Å². The van der Waals surface area contributed by atoms with Crippen LogP contribution in [0.25, 0.3) is 0 Å². The fourth-order valence-corrected chi connectivity index (χ4v) is 3.17. The van der Waals surface area contributed by atoms with Crippen LogP contribution >= 0.6 is 0 Å². The standard InChI is InChI=1S/C22H26N2O3/c1-22(2,3)27-21(26)24-15-18-12-8-7-11-17(18)13-19(24)20(25)23-14-16-9-5-4-6-10-16/h4-12,19H,13-15H2,1-3H3,(H,23,25). The normalized spacial score (nSPS) is 16.4. The summed E-state index contributed by atoms with van der Waals surface area (Å²) in [5.41, 5.74) is 2.55. The largest absolute Gasteiger partial charge is 0.444 e. The molecule has 0 bridgehead atoms. The predicted octanol–water partition coefficient (Wildman–Crippen LogP) is 3.66. The molecule has 5 nitrogen and oxygen atoms in total. The average Bonchev–Trinajstić information content (AvgIpc) is 2.64. The number of nitrogens with zero attached hydrogens (tertiary/aromatic N) is 1.